The molecule has 3 rings (SSSR count). The average molecular weight is 355 g/mol. The van der Waals surface area contributed by atoms with E-state index >= 15 is 0 Å². The van der Waals surface area contributed by atoms with Gasteiger partial charge in [-0.05, 0) is 32.0 Å². The molecule has 0 unspecified atom stereocenters. The number of anilines is 2. The second-order valence-electron chi connectivity index (χ2n) is 6.42. The van der Waals surface area contributed by atoms with Crippen LogP contribution in [-0.2, 0) is 4.74 Å². The minimum absolute atomic E-state index is 0.240. The summed E-state index contributed by atoms with van der Waals surface area (Å²) >= 11 is 0. The number of hydrogen-bond acceptors (Lipinski definition) is 6. The number of nitrogens with one attached hydrogen (secondary N) is 2. The molecule has 1 amide bonds. The van der Waals surface area contributed by atoms with E-state index in [-0.39, 0.29) is 5.91 Å². The predicted molar refractivity (Wildman–Crippen MR) is 102 cm³/mol. The molecule has 2 heterocycles. The summed E-state index contributed by atoms with van der Waals surface area (Å²) in [5.74, 6) is 0.239. The van der Waals surface area contributed by atoms with Crippen molar-refractivity contribution in [3.8, 4) is 0 Å². The molecule has 1 saturated heterocycles. The monoisotopic (exact) mass is 355 g/mol. The zero-order valence-corrected chi connectivity index (χ0v) is 15.3. The van der Waals surface area contributed by atoms with E-state index in [1.54, 1.807) is 6.07 Å². The van der Waals surface area contributed by atoms with Crippen LogP contribution in [0.15, 0.2) is 30.3 Å². The van der Waals surface area contributed by atoms with Gasteiger partial charge in [-0.3, -0.25) is 9.69 Å². The minimum atomic E-state index is -0.240. The number of rotatable bonds is 6. The van der Waals surface area contributed by atoms with Crippen molar-refractivity contribution in [1.29, 1.82) is 0 Å². The van der Waals surface area contributed by atoms with E-state index in [1.807, 2.05) is 38.1 Å². The fourth-order valence-electron chi connectivity index (χ4n) is 2.75. The summed E-state index contributed by atoms with van der Waals surface area (Å²) in [6.45, 7) is 8.94. The molecular formula is C19H25N5O2. The Hall–Kier alpha value is -2.51. The van der Waals surface area contributed by atoms with Crippen molar-refractivity contribution in [2.24, 2.45) is 0 Å². The van der Waals surface area contributed by atoms with Gasteiger partial charge in [-0.15, -0.1) is 0 Å². The van der Waals surface area contributed by atoms with Crippen LogP contribution in [0, 0.1) is 13.8 Å². The number of amides is 1. The van der Waals surface area contributed by atoms with Gasteiger partial charge in [-0.1, -0.05) is 17.7 Å². The van der Waals surface area contributed by atoms with Gasteiger partial charge in [0, 0.05) is 37.6 Å². The van der Waals surface area contributed by atoms with Crippen molar-refractivity contribution >= 4 is 17.5 Å². The molecular weight excluding hydrogens is 330 g/mol. The number of ether oxygens (including phenoxy) is 1. The highest BCUT2D eigenvalue weighted by Gasteiger charge is 2.12. The Balaban J connectivity index is 1.59. The van der Waals surface area contributed by atoms with E-state index in [9.17, 15) is 4.79 Å². The molecule has 7 nitrogen and oxygen atoms in total. The van der Waals surface area contributed by atoms with Crippen LogP contribution in [0.5, 0.6) is 0 Å². The molecule has 0 aliphatic carbocycles. The Bertz CT molecular complexity index is 742. The standard InChI is InChI=1S/C19H25N5O2/c1-14-3-5-16(6-4-14)22-18(25)17-13-15(2)21-19(23-17)20-7-8-24-9-11-26-12-10-24/h3-6,13H,7-12H2,1-2H3,(H,22,25)(H,20,21,23). The third kappa shape index (κ3) is 5.24. The summed E-state index contributed by atoms with van der Waals surface area (Å²) in [5.41, 5.74) is 3.00. The summed E-state index contributed by atoms with van der Waals surface area (Å²) < 4.78 is 5.35. The van der Waals surface area contributed by atoms with E-state index < -0.39 is 0 Å². The lowest BCUT2D eigenvalue weighted by atomic mass is 10.2. The summed E-state index contributed by atoms with van der Waals surface area (Å²) in [6.07, 6.45) is 0. The number of nitrogens with zero attached hydrogens (tertiary/aromatic N) is 3. The van der Waals surface area contributed by atoms with Crippen LogP contribution in [0.3, 0.4) is 0 Å². The minimum Gasteiger partial charge on any atom is -0.379 e. The zero-order valence-electron chi connectivity index (χ0n) is 15.3. The van der Waals surface area contributed by atoms with Gasteiger partial charge in [0.25, 0.3) is 5.91 Å². The van der Waals surface area contributed by atoms with E-state index in [4.69, 9.17) is 4.74 Å². The first kappa shape index (κ1) is 18.3. The van der Waals surface area contributed by atoms with Gasteiger partial charge in [0.15, 0.2) is 0 Å². The molecule has 2 aromatic rings. The molecule has 0 spiro atoms. The quantitative estimate of drug-likeness (QED) is 0.826. The van der Waals surface area contributed by atoms with Gasteiger partial charge in [0.2, 0.25) is 5.95 Å². The average Bonchev–Trinajstić information content (AvgIpc) is 2.64. The van der Waals surface area contributed by atoms with Crippen molar-refractivity contribution in [1.82, 2.24) is 14.9 Å². The lowest BCUT2D eigenvalue weighted by molar-refractivity contribution is 0.0398. The molecule has 1 aliphatic rings. The van der Waals surface area contributed by atoms with Crippen LogP contribution >= 0.6 is 0 Å². The van der Waals surface area contributed by atoms with E-state index in [0.29, 0.717) is 11.6 Å². The van der Waals surface area contributed by atoms with Crippen LogP contribution in [0.25, 0.3) is 0 Å². The van der Waals surface area contributed by atoms with Gasteiger partial charge >= 0.3 is 0 Å². The molecule has 1 aromatic carbocycles. The second kappa shape index (κ2) is 8.73. The Morgan fingerprint density at radius 1 is 1.15 bits per heavy atom. The van der Waals surface area contributed by atoms with Crippen LogP contribution in [0.1, 0.15) is 21.7 Å². The number of carbonyl (C=O) groups is 1. The number of morpholine rings is 1. The molecule has 2 N–H and O–H groups in total. The smallest absolute Gasteiger partial charge is 0.274 e. The highest BCUT2D eigenvalue weighted by molar-refractivity contribution is 6.03. The molecule has 7 heteroatoms. The first-order valence-electron chi connectivity index (χ1n) is 8.88. The maximum atomic E-state index is 12.5. The van der Waals surface area contributed by atoms with Crippen molar-refractivity contribution in [3.05, 3.63) is 47.3 Å². The molecule has 26 heavy (non-hydrogen) atoms. The van der Waals surface area contributed by atoms with Gasteiger partial charge in [-0.25, -0.2) is 9.97 Å². The van der Waals surface area contributed by atoms with Crippen molar-refractivity contribution in [2.75, 3.05) is 50.0 Å². The number of benzene rings is 1. The molecule has 0 bridgehead atoms. The molecule has 138 valence electrons. The van der Waals surface area contributed by atoms with Crippen LogP contribution in [0.4, 0.5) is 11.6 Å². The first-order valence-corrected chi connectivity index (χ1v) is 8.88. The van der Waals surface area contributed by atoms with Gasteiger partial charge in [0.1, 0.15) is 5.69 Å². The van der Waals surface area contributed by atoms with Crippen molar-refractivity contribution in [2.45, 2.75) is 13.8 Å². The normalized spacial score (nSPS) is 14.8. The van der Waals surface area contributed by atoms with E-state index in [0.717, 1.165) is 56.3 Å². The lowest BCUT2D eigenvalue weighted by Gasteiger charge is -2.26. The fourth-order valence-corrected chi connectivity index (χ4v) is 2.75. The van der Waals surface area contributed by atoms with E-state index in [2.05, 4.69) is 25.5 Å². The molecule has 0 radical (unpaired) electrons. The zero-order chi connectivity index (χ0) is 18.4. The first-order chi connectivity index (χ1) is 12.6. The molecule has 1 aliphatic heterocycles. The van der Waals surface area contributed by atoms with Gasteiger partial charge in [0.05, 0.1) is 13.2 Å². The topological polar surface area (TPSA) is 79.4 Å². The maximum absolute atomic E-state index is 12.5. The number of hydrogen-bond donors (Lipinski definition) is 2. The Morgan fingerprint density at radius 2 is 1.88 bits per heavy atom. The Labute approximate surface area is 153 Å². The van der Waals surface area contributed by atoms with Crippen LogP contribution in [-0.4, -0.2) is 60.2 Å². The highest BCUT2D eigenvalue weighted by Crippen LogP contribution is 2.11. The van der Waals surface area contributed by atoms with Crippen LogP contribution < -0.4 is 10.6 Å². The van der Waals surface area contributed by atoms with Gasteiger partial charge in [-0.2, -0.15) is 0 Å². The molecule has 1 aromatic heterocycles. The highest BCUT2D eigenvalue weighted by atomic mass is 16.5. The Kier molecular flexibility index (Phi) is 6.14. The fraction of sp³-hybridized carbons (Fsp3) is 0.421. The van der Waals surface area contributed by atoms with Crippen molar-refractivity contribution < 1.29 is 9.53 Å². The summed E-state index contributed by atoms with van der Waals surface area (Å²) in [6, 6.07) is 9.36. The van der Waals surface area contributed by atoms with E-state index in [1.165, 1.54) is 0 Å². The van der Waals surface area contributed by atoms with Crippen molar-refractivity contribution in [3.63, 3.8) is 0 Å². The third-order valence-electron chi connectivity index (χ3n) is 4.21. The summed E-state index contributed by atoms with van der Waals surface area (Å²) in [7, 11) is 0. The third-order valence-corrected chi connectivity index (χ3v) is 4.21. The summed E-state index contributed by atoms with van der Waals surface area (Å²) in [5, 5.41) is 6.08. The second-order valence-corrected chi connectivity index (χ2v) is 6.42. The summed E-state index contributed by atoms with van der Waals surface area (Å²) in [4.78, 5) is 23.5. The number of aromatic nitrogens is 2. The lowest BCUT2D eigenvalue weighted by Crippen LogP contribution is -2.39. The SMILES string of the molecule is Cc1ccc(NC(=O)c2cc(C)nc(NCCN3CCOCC3)n2)cc1. The largest absolute Gasteiger partial charge is 0.379 e. The predicted octanol–water partition coefficient (Wildman–Crippen LogP) is 2.09. The number of aryl methyl sites for hydroxylation is 2. The maximum Gasteiger partial charge on any atom is 0.274 e. The number of carbonyl (C=O) groups excluding carboxylic acids is 1. The Morgan fingerprint density at radius 3 is 2.62 bits per heavy atom. The molecule has 0 atom stereocenters. The van der Waals surface area contributed by atoms with Crippen LogP contribution in [0.2, 0.25) is 0 Å². The molecule has 0 saturated carbocycles. The van der Waals surface area contributed by atoms with Gasteiger partial charge < -0.3 is 15.4 Å². The molecule has 1 fully saturated rings.